The lowest BCUT2D eigenvalue weighted by atomic mass is 9.59. The van der Waals surface area contributed by atoms with Crippen LogP contribution in [0.4, 0.5) is 0 Å². The van der Waals surface area contributed by atoms with Gasteiger partial charge in [0.25, 0.3) is 0 Å². The predicted octanol–water partition coefficient (Wildman–Crippen LogP) is 2.46. The Hall–Kier alpha value is -1.68. The van der Waals surface area contributed by atoms with Crippen molar-refractivity contribution in [1.29, 1.82) is 0 Å². The van der Waals surface area contributed by atoms with Crippen LogP contribution in [-0.2, 0) is 16.1 Å². The predicted molar refractivity (Wildman–Crippen MR) is 95.4 cm³/mol. The van der Waals surface area contributed by atoms with Gasteiger partial charge in [0.1, 0.15) is 18.6 Å². The van der Waals surface area contributed by atoms with E-state index in [-0.39, 0.29) is 29.3 Å². The molecule has 0 radical (unpaired) electrons. The van der Waals surface area contributed by atoms with Crippen LogP contribution in [0.1, 0.15) is 45.1 Å². The summed E-state index contributed by atoms with van der Waals surface area (Å²) < 4.78 is 5.82. The highest BCUT2D eigenvalue weighted by molar-refractivity contribution is 5.76. The molecule has 4 heteroatoms. The Kier molecular flexibility index (Phi) is 4.40. The number of esters is 1. The first-order valence-corrected chi connectivity index (χ1v) is 9.70. The topological polar surface area (TPSA) is 55.8 Å². The van der Waals surface area contributed by atoms with Crippen molar-refractivity contribution < 1.29 is 14.8 Å². The molecule has 4 nitrogen and oxygen atoms in total. The van der Waals surface area contributed by atoms with Gasteiger partial charge >= 0.3 is 5.97 Å². The fraction of sp³-hybridized carbons (Fsp3) is 0.619. The third-order valence-corrected chi connectivity index (χ3v) is 6.63. The number of carbonyl (C=O) groups excluding carboxylic acids is 1. The Balaban J connectivity index is 1.47. The number of hydrogen-bond donors (Lipinski definition) is 1. The number of quaternary nitrogens is 1. The van der Waals surface area contributed by atoms with Crippen LogP contribution in [0.15, 0.2) is 36.2 Å². The molecule has 1 saturated carbocycles. The molecular formula is C21H29N2O2+. The number of pyridine rings is 1. The summed E-state index contributed by atoms with van der Waals surface area (Å²) in [5.41, 5.74) is 3.08. The molecule has 2 fully saturated rings. The van der Waals surface area contributed by atoms with Crippen molar-refractivity contribution in [2.24, 2.45) is 23.2 Å². The Bertz CT molecular complexity index is 672. The van der Waals surface area contributed by atoms with Crippen molar-refractivity contribution in [3.05, 3.63) is 41.7 Å². The summed E-state index contributed by atoms with van der Waals surface area (Å²) in [6, 6.07) is 4.06. The van der Waals surface area contributed by atoms with Crippen LogP contribution in [0.2, 0.25) is 0 Å². The van der Waals surface area contributed by atoms with Gasteiger partial charge in [-0.3, -0.25) is 9.78 Å². The summed E-state index contributed by atoms with van der Waals surface area (Å²) in [7, 11) is 0. The molecule has 1 aromatic rings. The second kappa shape index (κ2) is 6.56. The zero-order chi connectivity index (χ0) is 17.4. The number of nitrogens with zero attached hydrogens (tertiary/aromatic N) is 1. The number of ether oxygens (including phenoxy) is 1. The third kappa shape index (κ3) is 3.12. The fourth-order valence-electron chi connectivity index (χ4n) is 5.26. The van der Waals surface area contributed by atoms with Crippen LogP contribution in [0.3, 0.4) is 0 Å². The average molecular weight is 341 g/mol. The molecule has 4 rings (SSSR count). The monoisotopic (exact) mass is 341 g/mol. The van der Waals surface area contributed by atoms with Crippen molar-refractivity contribution in [2.45, 2.75) is 52.2 Å². The number of aromatic nitrogens is 1. The van der Waals surface area contributed by atoms with Crippen LogP contribution < -0.4 is 5.32 Å². The fourth-order valence-corrected chi connectivity index (χ4v) is 5.26. The molecule has 25 heavy (non-hydrogen) atoms. The van der Waals surface area contributed by atoms with Gasteiger partial charge in [0.05, 0.1) is 6.54 Å². The number of hydrogen-bond acceptors (Lipinski definition) is 3. The second-order valence-electron chi connectivity index (χ2n) is 8.42. The maximum absolute atomic E-state index is 12.5. The van der Waals surface area contributed by atoms with E-state index in [1.807, 2.05) is 24.5 Å². The van der Waals surface area contributed by atoms with E-state index in [9.17, 15) is 4.79 Å². The van der Waals surface area contributed by atoms with Gasteiger partial charge < -0.3 is 10.1 Å². The lowest BCUT2D eigenvalue weighted by Crippen LogP contribution is -2.84. The molecular weight excluding hydrogens is 312 g/mol. The molecule has 5 atom stereocenters. The smallest absolute Gasteiger partial charge is 0.315 e. The Morgan fingerprint density at radius 3 is 2.96 bits per heavy atom. The summed E-state index contributed by atoms with van der Waals surface area (Å²) in [6.45, 7) is 6.42. The molecule has 134 valence electrons. The van der Waals surface area contributed by atoms with Gasteiger partial charge in [0.2, 0.25) is 0 Å². The van der Waals surface area contributed by atoms with E-state index in [2.05, 4.69) is 30.2 Å². The first-order valence-electron chi connectivity index (χ1n) is 9.70. The van der Waals surface area contributed by atoms with E-state index in [1.54, 1.807) is 5.57 Å². The molecule has 3 aliphatic rings. The van der Waals surface area contributed by atoms with Gasteiger partial charge in [-0.2, -0.15) is 0 Å². The quantitative estimate of drug-likeness (QED) is 0.676. The summed E-state index contributed by atoms with van der Waals surface area (Å²) in [5.74, 6) is 0.924. The zero-order valence-corrected chi connectivity index (χ0v) is 15.3. The van der Waals surface area contributed by atoms with E-state index in [0.717, 1.165) is 19.5 Å². The Morgan fingerprint density at radius 2 is 2.16 bits per heavy atom. The third-order valence-electron chi connectivity index (χ3n) is 6.63. The van der Waals surface area contributed by atoms with Crippen LogP contribution in [0.25, 0.3) is 0 Å². The SMILES string of the molecule is C[C@@H]1CCC[C@]2(C)C[C@H]3OC(=O)[C@@H](C[NH2+]Cc4ccncc4)[C@H]3C=C12. The molecule has 0 unspecified atom stereocenters. The molecule has 1 aromatic heterocycles. The zero-order valence-electron chi connectivity index (χ0n) is 15.3. The number of nitrogens with two attached hydrogens (primary N) is 1. The minimum atomic E-state index is -0.00184. The largest absolute Gasteiger partial charge is 0.461 e. The van der Waals surface area contributed by atoms with Crippen LogP contribution >= 0.6 is 0 Å². The Morgan fingerprint density at radius 1 is 1.36 bits per heavy atom. The highest BCUT2D eigenvalue weighted by Gasteiger charge is 2.52. The number of rotatable bonds is 4. The highest BCUT2D eigenvalue weighted by Crippen LogP contribution is 2.53. The van der Waals surface area contributed by atoms with E-state index in [0.29, 0.717) is 5.92 Å². The minimum absolute atomic E-state index is 0.00184. The van der Waals surface area contributed by atoms with Crippen molar-refractivity contribution in [3.8, 4) is 0 Å². The van der Waals surface area contributed by atoms with Gasteiger partial charge in [-0.25, -0.2) is 0 Å². The van der Waals surface area contributed by atoms with Crippen LogP contribution in [0.5, 0.6) is 0 Å². The average Bonchev–Trinajstić information content (AvgIpc) is 2.88. The highest BCUT2D eigenvalue weighted by atomic mass is 16.6. The van der Waals surface area contributed by atoms with Crippen molar-refractivity contribution in [2.75, 3.05) is 6.54 Å². The van der Waals surface area contributed by atoms with E-state index in [4.69, 9.17) is 4.74 Å². The van der Waals surface area contributed by atoms with Gasteiger partial charge in [-0.1, -0.05) is 31.9 Å². The summed E-state index contributed by atoms with van der Waals surface area (Å²) in [5, 5.41) is 2.24. The van der Waals surface area contributed by atoms with E-state index in [1.165, 1.54) is 24.8 Å². The maximum atomic E-state index is 12.5. The van der Waals surface area contributed by atoms with E-state index >= 15 is 0 Å². The van der Waals surface area contributed by atoms with Crippen molar-refractivity contribution in [1.82, 2.24) is 4.98 Å². The second-order valence-corrected chi connectivity index (χ2v) is 8.42. The summed E-state index contributed by atoms with van der Waals surface area (Å²) >= 11 is 0. The van der Waals surface area contributed by atoms with Gasteiger partial charge in [0.15, 0.2) is 0 Å². The van der Waals surface area contributed by atoms with E-state index < -0.39 is 0 Å². The maximum Gasteiger partial charge on any atom is 0.315 e. The standard InChI is InChI=1S/C21H28N2O2/c1-14-4-3-7-21(2)11-19-16(10-18(14)21)17(20(24)25-19)13-23-12-15-5-8-22-9-6-15/h5-6,8-10,14,16-17,19,23H,3-4,7,11-13H2,1-2H3/p+1/t14-,16-,17+,19-,21-/m1/s1. The minimum Gasteiger partial charge on any atom is -0.461 e. The van der Waals surface area contributed by atoms with Crippen LogP contribution in [-0.4, -0.2) is 23.6 Å². The normalized spacial score (nSPS) is 37.0. The van der Waals surface area contributed by atoms with Gasteiger partial charge in [0, 0.05) is 23.9 Å². The lowest BCUT2D eigenvalue weighted by Gasteiger charge is -2.45. The molecule has 0 amide bonds. The van der Waals surface area contributed by atoms with Crippen molar-refractivity contribution in [3.63, 3.8) is 0 Å². The Labute approximate surface area is 150 Å². The van der Waals surface area contributed by atoms with Crippen molar-refractivity contribution >= 4 is 5.97 Å². The molecule has 2 aliphatic carbocycles. The van der Waals surface area contributed by atoms with Crippen LogP contribution in [0, 0.1) is 23.2 Å². The molecule has 0 bridgehead atoms. The molecule has 0 aromatic carbocycles. The summed E-state index contributed by atoms with van der Waals surface area (Å²) in [6.07, 6.45) is 11.0. The molecule has 2 heterocycles. The molecule has 1 saturated heterocycles. The van der Waals surface area contributed by atoms with Gasteiger partial charge in [-0.15, -0.1) is 0 Å². The number of carbonyl (C=O) groups is 1. The molecule has 0 spiro atoms. The van der Waals surface area contributed by atoms with Gasteiger partial charge in [-0.05, 0) is 42.7 Å². The summed E-state index contributed by atoms with van der Waals surface area (Å²) in [4.78, 5) is 16.5. The number of allylic oxidation sites excluding steroid dienone is 1. The lowest BCUT2D eigenvalue weighted by molar-refractivity contribution is -0.674. The first-order chi connectivity index (χ1) is 12.1. The number of fused-ring (bicyclic) bond motifs is 2. The molecule has 1 aliphatic heterocycles. The molecule has 2 N–H and O–H groups in total. The first kappa shape index (κ1) is 16.8.